The Morgan fingerprint density at radius 1 is 0.870 bits per heavy atom. The van der Waals surface area contributed by atoms with Gasteiger partial charge in [-0.1, -0.05) is 57.9 Å². The fraction of sp³-hybridized carbons (Fsp3) is 0.882. The maximum Gasteiger partial charge on any atom is 0.502 e. The molecule has 0 aliphatic carbocycles. The van der Waals surface area contributed by atoms with Gasteiger partial charge in [0, 0.05) is 0 Å². The lowest BCUT2D eigenvalue weighted by atomic mass is 10.1. The topological polar surface area (TPSA) is 54.0 Å². The molecule has 0 rings (SSSR count). The Bertz CT molecular complexity index is 274. The van der Waals surface area contributed by atoms with Crippen LogP contribution in [0.1, 0.15) is 79.1 Å². The zero-order chi connectivity index (χ0) is 17.8. The predicted molar refractivity (Wildman–Crippen MR) is 96.4 cm³/mol. The average Bonchev–Trinajstić information content (AvgIpc) is 2.50. The minimum atomic E-state index is -3.52. The molecule has 23 heavy (non-hydrogen) atoms. The molecular weight excluding hydrogens is 315 g/mol. The molecule has 0 aromatic rings. The Hall–Kier alpha value is -0.190. The molecule has 0 spiro atoms. The normalized spacial score (nSPS) is 11.0. The molecule has 0 saturated heterocycles. The Balaban J connectivity index is 0. The van der Waals surface area contributed by atoms with Crippen molar-refractivity contribution in [2.75, 3.05) is 19.8 Å². The highest BCUT2D eigenvalue weighted by molar-refractivity contribution is 7.48. The summed E-state index contributed by atoms with van der Waals surface area (Å²) in [5.41, 5.74) is 0. The highest BCUT2D eigenvalue weighted by Gasteiger charge is 2.26. The van der Waals surface area contributed by atoms with Crippen LogP contribution in [0.25, 0.3) is 0 Å². The molecule has 0 heterocycles. The number of hydrogen-bond donors (Lipinski definition) is 0. The maximum absolute atomic E-state index is 11.9. The first-order valence-corrected chi connectivity index (χ1v) is 10.3. The summed E-state index contributed by atoms with van der Waals surface area (Å²) >= 11 is 0. The smallest absolute Gasteiger partial charge is 0.286 e. The second kappa shape index (κ2) is 19.9. The van der Waals surface area contributed by atoms with Gasteiger partial charge in [-0.15, -0.1) is 11.3 Å². The first kappa shape index (κ1) is 25.1. The van der Waals surface area contributed by atoms with Gasteiger partial charge in [-0.3, -0.25) is 9.05 Å². The standard InChI is InChI=1S/C14H31O5P.C3H6/c1-4-7-8-9-10-11-12-13-14-16-19-20(15,17-5-2)18-6-3;1-3-2/h4-14H2,1-3H3;3H,1H2,2H3. The SMILES string of the molecule is C=CC.CCCCCCCCCCOOP(=O)(OCC)OCC. The van der Waals surface area contributed by atoms with Crippen LogP contribution in [0.5, 0.6) is 0 Å². The van der Waals surface area contributed by atoms with Gasteiger partial charge in [-0.2, -0.15) is 0 Å². The summed E-state index contributed by atoms with van der Waals surface area (Å²) < 4.78 is 26.5. The molecule has 0 atom stereocenters. The maximum atomic E-state index is 11.9. The average molecular weight is 352 g/mol. The minimum Gasteiger partial charge on any atom is -0.286 e. The van der Waals surface area contributed by atoms with E-state index in [0.29, 0.717) is 6.61 Å². The van der Waals surface area contributed by atoms with Crippen molar-refractivity contribution in [3.63, 3.8) is 0 Å². The molecule has 5 nitrogen and oxygen atoms in total. The molecule has 0 radical (unpaired) electrons. The van der Waals surface area contributed by atoms with Gasteiger partial charge in [0.05, 0.1) is 19.8 Å². The first-order valence-electron chi connectivity index (χ1n) is 8.87. The summed E-state index contributed by atoms with van der Waals surface area (Å²) in [6, 6.07) is 0. The van der Waals surface area contributed by atoms with Crippen LogP contribution in [-0.4, -0.2) is 19.8 Å². The van der Waals surface area contributed by atoms with Gasteiger partial charge in [0.2, 0.25) is 0 Å². The van der Waals surface area contributed by atoms with Gasteiger partial charge in [0.1, 0.15) is 0 Å². The monoisotopic (exact) mass is 352 g/mol. The van der Waals surface area contributed by atoms with Gasteiger partial charge in [-0.05, 0) is 27.2 Å². The van der Waals surface area contributed by atoms with E-state index < -0.39 is 7.82 Å². The van der Waals surface area contributed by atoms with Crippen molar-refractivity contribution >= 4 is 7.82 Å². The molecule has 0 amide bonds. The Kier molecular flexibility index (Phi) is 21.6. The van der Waals surface area contributed by atoms with E-state index in [1.54, 1.807) is 19.9 Å². The molecule has 0 bridgehead atoms. The van der Waals surface area contributed by atoms with Gasteiger partial charge in [-0.25, -0.2) is 9.45 Å². The van der Waals surface area contributed by atoms with E-state index in [1.165, 1.54) is 38.5 Å². The summed E-state index contributed by atoms with van der Waals surface area (Å²) in [5.74, 6) is 0. The largest absolute Gasteiger partial charge is 0.502 e. The Labute approximate surface area is 143 Å². The number of phosphoric acid groups is 1. The van der Waals surface area contributed by atoms with Crippen molar-refractivity contribution < 1.29 is 23.2 Å². The molecule has 0 aliphatic rings. The lowest BCUT2D eigenvalue weighted by Crippen LogP contribution is -2.02. The van der Waals surface area contributed by atoms with Crippen LogP contribution in [0.4, 0.5) is 0 Å². The van der Waals surface area contributed by atoms with E-state index in [4.69, 9.17) is 18.6 Å². The molecule has 0 unspecified atom stereocenters. The Morgan fingerprint density at radius 3 is 1.74 bits per heavy atom. The summed E-state index contributed by atoms with van der Waals surface area (Å²) in [6.07, 6.45) is 11.5. The van der Waals surface area contributed by atoms with Gasteiger partial charge in [0.15, 0.2) is 0 Å². The fourth-order valence-electron chi connectivity index (χ4n) is 1.79. The number of phosphoric ester groups is 1. The van der Waals surface area contributed by atoms with Crippen molar-refractivity contribution in [3.05, 3.63) is 12.7 Å². The van der Waals surface area contributed by atoms with Crippen LogP contribution in [0.2, 0.25) is 0 Å². The number of hydrogen-bond acceptors (Lipinski definition) is 5. The zero-order valence-electron chi connectivity index (χ0n) is 15.6. The molecular formula is C17H37O5P. The summed E-state index contributed by atoms with van der Waals surface area (Å²) in [7, 11) is -3.52. The van der Waals surface area contributed by atoms with Crippen molar-refractivity contribution in [3.8, 4) is 0 Å². The van der Waals surface area contributed by atoms with Crippen LogP contribution in [0, 0.1) is 0 Å². The summed E-state index contributed by atoms with van der Waals surface area (Å²) in [5, 5.41) is 0. The van der Waals surface area contributed by atoms with E-state index in [1.807, 2.05) is 6.92 Å². The van der Waals surface area contributed by atoms with Crippen LogP contribution in [0.15, 0.2) is 12.7 Å². The van der Waals surface area contributed by atoms with Gasteiger partial charge in [0.25, 0.3) is 0 Å². The third-order valence-corrected chi connectivity index (χ3v) is 4.24. The second-order valence-corrected chi connectivity index (χ2v) is 6.62. The van der Waals surface area contributed by atoms with Gasteiger partial charge < -0.3 is 0 Å². The summed E-state index contributed by atoms with van der Waals surface area (Å²) in [4.78, 5) is 4.94. The van der Waals surface area contributed by atoms with Crippen LogP contribution in [-0.2, 0) is 23.2 Å². The van der Waals surface area contributed by atoms with E-state index in [-0.39, 0.29) is 13.2 Å². The highest BCUT2D eigenvalue weighted by Crippen LogP contribution is 2.49. The highest BCUT2D eigenvalue weighted by atomic mass is 31.2. The van der Waals surface area contributed by atoms with Crippen molar-refractivity contribution in [1.82, 2.24) is 0 Å². The van der Waals surface area contributed by atoms with E-state index >= 15 is 0 Å². The fourth-order valence-corrected chi connectivity index (χ4v) is 2.79. The van der Waals surface area contributed by atoms with Crippen LogP contribution in [0.3, 0.4) is 0 Å². The van der Waals surface area contributed by atoms with E-state index in [2.05, 4.69) is 13.5 Å². The van der Waals surface area contributed by atoms with Crippen LogP contribution >= 0.6 is 7.82 Å². The van der Waals surface area contributed by atoms with Gasteiger partial charge >= 0.3 is 7.82 Å². The molecule has 0 saturated carbocycles. The molecule has 0 fully saturated rings. The minimum absolute atomic E-state index is 0.262. The Morgan fingerprint density at radius 2 is 1.30 bits per heavy atom. The lowest BCUT2D eigenvalue weighted by molar-refractivity contribution is -0.227. The molecule has 0 N–H and O–H groups in total. The summed E-state index contributed by atoms with van der Waals surface area (Å²) in [6.45, 7) is 11.9. The van der Waals surface area contributed by atoms with Crippen molar-refractivity contribution in [2.45, 2.75) is 79.1 Å². The second-order valence-electron chi connectivity index (χ2n) is 5.06. The van der Waals surface area contributed by atoms with Crippen LogP contribution < -0.4 is 0 Å². The molecule has 140 valence electrons. The lowest BCUT2D eigenvalue weighted by Gasteiger charge is -2.14. The zero-order valence-corrected chi connectivity index (χ0v) is 16.4. The molecule has 0 aliphatic heterocycles. The molecule has 0 aromatic heterocycles. The van der Waals surface area contributed by atoms with Crippen molar-refractivity contribution in [2.24, 2.45) is 0 Å². The number of allylic oxidation sites excluding steroid dienone is 1. The number of rotatable bonds is 15. The molecule has 0 aromatic carbocycles. The molecule has 6 heteroatoms. The number of unbranched alkanes of at least 4 members (excludes halogenated alkanes) is 7. The first-order chi connectivity index (χ1) is 11.1. The van der Waals surface area contributed by atoms with Crippen molar-refractivity contribution in [1.29, 1.82) is 0 Å². The van der Waals surface area contributed by atoms with E-state index in [0.717, 1.165) is 12.8 Å². The van der Waals surface area contributed by atoms with E-state index in [9.17, 15) is 4.57 Å². The predicted octanol–water partition coefficient (Wildman–Crippen LogP) is 6.45. The third-order valence-electron chi connectivity index (χ3n) is 2.80. The quantitative estimate of drug-likeness (QED) is 0.111. The third kappa shape index (κ3) is 19.8.